The van der Waals surface area contributed by atoms with E-state index in [-0.39, 0.29) is 12.4 Å². The third-order valence-corrected chi connectivity index (χ3v) is 3.32. The Kier molecular flexibility index (Phi) is 9.42. The molecule has 4 nitrogen and oxygen atoms in total. The van der Waals surface area contributed by atoms with Gasteiger partial charge in [-0.2, -0.15) is 0 Å². The van der Waals surface area contributed by atoms with Gasteiger partial charge in [0.25, 0.3) is 0 Å². The van der Waals surface area contributed by atoms with Gasteiger partial charge in [-0.1, -0.05) is 13.8 Å². The minimum absolute atomic E-state index is 0. The molecule has 0 saturated carbocycles. The fourth-order valence-corrected chi connectivity index (χ4v) is 2.29. The molecule has 1 atom stereocenters. The summed E-state index contributed by atoms with van der Waals surface area (Å²) < 4.78 is 0. The van der Waals surface area contributed by atoms with Crippen molar-refractivity contribution in [3.05, 3.63) is 0 Å². The van der Waals surface area contributed by atoms with Gasteiger partial charge < -0.3 is 10.2 Å². The standard InChI is InChI=1S/C13H27N3O.ClH/c1-4-7-15(8-5-2)13(17)11-16-9-6-14-10-12(16)3;/h12,14H,4-11H2,1-3H3;1H/t12-;/m0./s1. The van der Waals surface area contributed by atoms with E-state index in [1.165, 1.54) is 0 Å². The minimum Gasteiger partial charge on any atom is -0.342 e. The van der Waals surface area contributed by atoms with Crippen LogP contribution in [0.5, 0.6) is 0 Å². The van der Waals surface area contributed by atoms with Crippen molar-refractivity contribution in [2.75, 3.05) is 39.3 Å². The number of amides is 1. The van der Waals surface area contributed by atoms with Gasteiger partial charge in [-0.15, -0.1) is 12.4 Å². The Hall–Kier alpha value is -0.320. The highest BCUT2D eigenvalue weighted by Crippen LogP contribution is 2.04. The van der Waals surface area contributed by atoms with Crippen LogP contribution < -0.4 is 5.32 Å². The van der Waals surface area contributed by atoms with Gasteiger partial charge in [0, 0.05) is 38.8 Å². The van der Waals surface area contributed by atoms with Crippen LogP contribution in [-0.2, 0) is 4.79 Å². The van der Waals surface area contributed by atoms with E-state index in [1.807, 2.05) is 4.90 Å². The molecule has 1 aliphatic rings. The van der Waals surface area contributed by atoms with Gasteiger partial charge in [-0.05, 0) is 19.8 Å². The number of nitrogens with zero attached hydrogens (tertiary/aromatic N) is 2. The minimum atomic E-state index is 0. The van der Waals surface area contributed by atoms with Gasteiger partial charge in [0.2, 0.25) is 5.91 Å². The Labute approximate surface area is 117 Å². The van der Waals surface area contributed by atoms with E-state index in [0.29, 0.717) is 18.5 Å². The summed E-state index contributed by atoms with van der Waals surface area (Å²) in [4.78, 5) is 16.5. The second-order valence-electron chi connectivity index (χ2n) is 4.90. The van der Waals surface area contributed by atoms with Gasteiger partial charge in [-0.3, -0.25) is 9.69 Å². The fourth-order valence-electron chi connectivity index (χ4n) is 2.29. The van der Waals surface area contributed by atoms with Crippen LogP contribution in [0, 0.1) is 0 Å². The van der Waals surface area contributed by atoms with Gasteiger partial charge in [-0.25, -0.2) is 0 Å². The molecule has 0 unspecified atom stereocenters. The molecule has 1 rings (SSSR count). The molecule has 0 spiro atoms. The summed E-state index contributed by atoms with van der Waals surface area (Å²) in [6.45, 7) is 11.8. The molecule has 0 radical (unpaired) electrons. The summed E-state index contributed by atoms with van der Waals surface area (Å²) in [6, 6.07) is 0.470. The topological polar surface area (TPSA) is 35.6 Å². The first-order valence-electron chi connectivity index (χ1n) is 6.91. The van der Waals surface area contributed by atoms with E-state index in [9.17, 15) is 4.79 Å². The molecule has 1 saturated heterocycles. The maximum atomic E-state index is 12.2. The lowest BCUT2D eigenvalue weighted by Gasteiger charge is -2.34. The Morgan fingerprint density at radius 1 is 1.33 bits per heavy atom. The smallest absolute Gasteiger partial charge is 0.236 e. The van der Waals surface area contributed by atoms with Crippen molar-refractivity contribution in [2.45, 2.75) is 39.7 Å². The third kappa shape index (κ3) is 5.55. The lowest BCUT2D eigenvalue weighted by atomic mass is 10.2. The van der Waals surface area contributed by atoms with Crippen LogP contribution in [0.15, 0.2) is 0 Å². The van der Waals surface area contributed by atoms with Gasteiger partial charge in [0.15, 0.2) is 0 Å². The second-order valence-corrected chi connectivity index (χ2v) is 4.90. The van der Waals surface area contributed by atoms with Crippen LogP contribution in [0.25, 0.3) is 0 Å². The molecule has 108 valence electrons. The Bertz CT molecular complexity index is 232. The van der Waals surface area contributed by atoms with Crippen molar-refractivity contribution >= 4 is 18.3 Å². The summed E-state index contributed by atoms with van der Waals surface area (Å²) in [5, 5.41) is 3.35. The zero-order chi connectivity index (χ0) is 12.7. The molecule has 18 heavy (non-hydrogen) atoms. The molecule has 0 aromatic rings. The zero-order valence-corrected chi connectivity index (χ0v) is 12.8. The lowest BCUT2D eigenvalue weighted by molar-refractivity contribution is -0.133. The van der Waals surface area contributed by atoms with E-state index < -0.39 is 0 Å². The van der Waals surface area contributed by atoms with Crippen LogP contribution in [0.3, 0.4) is 0 Å². The molecule has 5 heteroatoms. The maximum absolute atomic E-state index is 12.2. The second kappa shape index (κ2) is 9.59. The molecule has 1 amide bonds. The van der Waals surface area contributed by atoms with Crippen LogP contribution >= 0.6 is 12.4 Å². The van der Waals surface area contributed by atoms with Gasteiger partial charge in [0.05, 0.1) is 6.54 Å². The lowest BCUT2D eigenvalue weighted by Crippen LogP contribution is -2.53. The normalized spacial score (nSPS) is 20.3. The highest BCUT2D eigenvalue weighted by molar-refractivity contribution is 5.85. The molecule has 0 aliphatic carbocycles. The molecule has 1 heterocycles. The monoisotopic (exact) mass is 277 g/mol. The van der Waals surface area contributed by atoms with E-state index >= 15 is 0 Å². The van der Waals surface area contributed by atoms with Crippen LogP contribution in [0.2, 0.25) is 0 Å². The molecular formula is C13H28ClN3O. The number of carbonyl (C=O) groups is 1. The molecule has 0 aromatic heterocycles. The molecular weight excluding hydrogens is 250 g/mol. The Balaban J connectivity index is 0.00000289. The van der Waals surface area contributed by atoms with Crippen LogP contribution in [0.4, 0.5) is 0 Å². The number of hydrogen-bond acceptors (Lipinski definition) is 3. The van der Waals surface area contributed by atoms with Crippen LogP contribution in [0.1, 0.15) is 33.6 Å². The molecule has 1 aliphatic heterocycles. The van der Waals surface area contributed by atoms with Crippen molar-refractivity contribution in [3.63, 3.8) is 0 Å². The Morgan fingerprint density at radius 2 is 1.94 bits per heavy atom. The first-order valence-corrected chi connectivity index (χ1v) is 6.91. The average Bonchev–Trinajstić information content (AvgIpc) is 2.32. The largest absolute Gasteiger partial charge is 0.342 e. The summed E-state index contributed by atoms with van der Waals surface area (Å²) >= 11 is 0. The summed E-state index contributed by atoms with van der Waals surface area (Å²) in [7, 11) is 0. The number of piperazine rings is 1. The van der Waals surface area contributed by atoms with Crippen molar-refractivity contribution in [1.29, 1.82) is 0 Å². The van der Waals surface area contributed by atoms with Crippen molar-refractivity contribution < 1.29 is 4.79 Å². The van der Waals surface area contributed by atoms with E-state index in [4.69, 9.17) is 0 Å². The third-order valence-electron chi connectivity index (χ3n) is 3.32. The van der Waals surface area contributed by atoms with Gasteiger partial charge >= 0.3 is 0 Å². The maximum Gasteiger partial charge on any atom is 0.236 e. The summed E-state index contributed by atoms with van der Waals surface area (Å²) in [6.07, 6.45) is 2.09. The average molecular weight is 278 g/mol. The fraction of sp³-hybridized carbons (Fsp3) is 0.923. The number of halogens is 1. The van der Waals surface area contributed by atoms with Gasteiger partial charge in [0.1, 0.15) is 0 Å². The SMILES string of the molecule is CCCN(CCC)C(=O)CN1CCNC[C@@H]1C.Cl. The highest BCUT2D eigenvalue weighted by Gasteiger charge is 2.22. The molecule has 0 bridgehead atoms. The predicted molar refractivity (Wildman–Crippen MR) is 78.3 cm³/mol. The number of rotatable bonds is 6. The number of carbonyl (C=O) groups excluding carboxylic acids is 1. The zero-order valence-electron chi connectivity index (χ0n) is 11.9. The summed E-state index contributed by atoms with van der Waals surface area (Å²) in [5.41, 5.74) is 0. The summed E-state index contributed by atoms with van der Waals surface area (Å²) in [5.74, 6) is 0.294. The number of hydrogen-bond donors (Lipinski definition) is 1. The van der Waals surface area contributed by atoms with Crippen LogP contribution in [-0.4, -0.2) is 61.0 Å². The highest BCUT2D eigenvalue weighted by atomic mass is 35.5. The van der Waals surface area contributed by atoms with Crippen molar-refractivity contribution in [3.8, 4) is 0 Å². The molecule has 1 fully saturated rings. The number of nitrogens with one attached hydrogen (secondary N) is 1. The first-order chi connectivity index (χ1) is 8.19. The molecule has 0 aromatic carbocycles. The quantitative estimate of drug-likeness (QED) is 0.796. The van der Waals surface area contributed by atoms with Crippen molar-refractivity contribution in [2.24, 2.45) is 0 Å². The van der Waals surface area contributed by atoms with E-state index in [1.54, 1.807) is 0 Å². The molecule has 1 N–H and O–H groups in total. The van der Waals surface area contributed by atoms with Crippen molar-refractivity contribution in [1.82, 2.24) is 15.1 Å². The predicted octanol–water partition coefficient (Wildman–Crippen LogP) is 1.35. The van der Waals surface area contributed by atoms with E-state index in [0.717, 1.165) is 45.6 Å². The Morgan fingerprint density at radius 3 is 2.44 bits per heavy atom. The first kappa shape index (κ1) is 17.7. The van der Waals surface area contributed by atoms with E-state index in [2.05, 4.69) is 31.0 Å².